The van der Waals surface area contributed by atoms with E-state index in [0.29, 0.717) is 6.04 Å². The first-order valence-electron chi connectivity index (χ1n) is 7.96. The van der Waals surface area contributed by atoms with Crippen LogP contribution in [0.25, 0.3) is 0 Å². The van der Waals surface area contributed by atoms with Crippen LogP contribution in [-0.2, 0) is 6.42 Å². The third-order valence-corrected chi connectivity index (χ3v) is 4.47. The highest BCUT2D eigenvalue weighted by Gasteiger charge is 2.17. The summed E-state index contributed by atoms with van der Waals surface area (Å²) in [4.78, 5) is 2.45. The second-order valence-corrected chi connectivity index (χ2v) is 5.72. The Balaban J connectivity index is 1.88. The molecule has 21 heavy (non-hydrogen) atoms. The topological polar surface area (TPSA) is 15.3 Å². The lowest BCUT2D eigenvalue weighted by Gasteiger charge is -2.31. The molecule has 2 heteroatoms. The number of anilines is 2. The molecule has 0 aliphatic carbocycles. The van der Waals surface area contributed by atoms with Crippen LogP contribution in [0.1, 0.15) is 36.9 Å². The van der Waals surface area contributed by atoms with Crippen molar-refractivity contribution in [2.24, 2.45) is 0 Å². The molecule has 0 saturated heterocycles. The first-order valence-corrected chi connectivity index (χ1v) is 7.96. The first-order chi connectivity index (χ1) is 10.3. The van der Waals surface area contributed by atoms with E-state index in [1.165, 1.54) is 35.3 Å². The number of nitrogens with zero attached hydrogens (tertiary/aromatic N) is 1. The van der Waals surface area contributed by atoms with Crippen LogP contribution < -0.4 is 10.2 Å². The Morgan fingerprint density at radius 2 is 1.86 bits per heavy atom. The van der Waals surface area contributed by atoms with Gasteiger partial charge >= 0.3 is 0 Å². The Bertz CT molecular complexity index is 585. The molecule has 1 aliphatic heterocycles. The number of fused-ring (bicyclic) bond motifs is 1. The Morgan fingerprint density at radius 1 is 1.10 bits per heavy atom. The highest BCUT2D eigenvalue weighted by molar-refractivity contribution is 5.67. The van der Waals surface area contributed by atoms with Gasteiger partial charge in [-0.2, -0.15) is 0 Å². The predicted molar refractivity (Wildman–Crippen MR) is 90.3 cm³/mol. The van der Waals surface area contributed by atoms with Crippen LogP contribution in [0.5, 0.6) is 0 Å². The molecule has 0 fully saturated rings. The number of benzene rings is 2. The van der Waals surface area contributed by atoms with Gasteiger partial charge in [0, 0.05) is 24.0 Å². The highest BCUT2D eigenvalue weighted by atomic mass is 15.1. The normalized spacial score (nSPS) is 15.6. The van der Waals surface area contributed by atoms with Gasteiger partial charge in [0.2, 0.25) is 0 Å². The molecule has 1 heterocycles. The summed E-state index contributed by atoms with van der Waals surface area (Å²) < 4.78 is 0. The van der Waals surface area contributed by atoms with Crippen molar-refractivity contribution in [2.45, 2.75) is 32.2 Å². The molecule has 1 N–H and O–H groups in total. The van der Waals surface area contributed by atoms with Crippen molar-refractivity contribution in [3.05, 3.63) is 59.7 Å². The van der Waals surface area contributed by atoms with Crippen LogP contribution in [0.2, 0.25) is 0 Å². The minimum atomic E-state index is 0.452. The van der Waals surface area contributed by atoms with Gasteiger partial charge in [-0.05, 0) is 55.6 Å². The van der Waals surface area contributed by atoms with Crippen LogP contribution in [0, 0.1) is 0 Å². The molecule has 3 rings (SSSR count). The Morgan fingerprint density at radius 3 is 2.57 bits per heavy atom. The summed E-state index contributed by atoms with van der Waals surface area (Å²) in [7, 11) is 2.03. The standard InChI is InChI=1S/C19H24N2/c1-3-18(20-2)15-10-12-17(13-11-15)21-14-6-8-16-7-4-5-9-19(16)21/h4-5,7,9-13,18,20H,3,6,8,14H2,1-2H3. The molecule has 2 aromatic carbocycles. The lowest BCUT2D eigenvalue weighted by molar-refractivity contribution is 0.577. The molecule has 1 atom stereocenters. The van der Waals surface area contributed by atoms with Crippen molar-refractivity contribution < 1.29 is 0 Å². The van der Waals surface area contributed by atoms with E-state index in [4.69, 9.17) is 0 Å². The lowest BCUT2D eigenvalue weighted by Crippen LogP contribution is -2.24. The maximum absolute atomic E-state index is 3.37. The maximum atomic E-state index is 3.37. The molecular formula is C19H24N2. The summed E-state index contributed by atoms with van der Waals surface area (Å²) in [6.45, 7) is 3.33. The van der Waals surface area contributed by atoms with Crippen LogP contribution in [0.4, 0.5) is 11.4 Å². The number of rotatable bonds is 4. The number of hydrogen-bond donors (Lipinski definition) is 1. The Hall–Kier alpha value is -1.80. The Labute approximate surface area is 127 Å². The molecule has 0 saturated carbocycles. The van der Waals surface area contributed by atoms with Crippen molar-refractivity contribution in [1.82, 2.24) is 5.32 Å². The van der Waals surface area contributed by atoms with E-state index < -0.39 is 0 Å². The monoisotopic (exact) mass is 280 g/mol. The van der Waals surface area contributed by atoms with E-state index >= 15 is 0 Å². The van der Waals surface area contributed by atoms with Crippen LogP contribution in [0.15, 0.2) is 48.5 Å². The molecule has 0 aromatic heterocycles. The minimum absolute atomic E-state index is 0.452. The van der Waals surface area contributed by atoms with Gasteiger partial charge in [0.05, 0.1) is 0 Å². The zero-order valence-corrected chi connectivity index (χ0v) is 13.0. The van der Waals surface area contributed by atoms with Gasteiger partial charge in [0.1, 0.15) is 0 Å². The summed E-state index contributed by atoms with van der Waals surface area (Å²) in [5, 5.41) is 3.37. The van der Waals surface area contributed by atoms with Gasteiger partial charge in [-0.25, -0.2) is 0 Å². The summed E-state index contributed by atoms with van der Waals surface area (Å²) >= 11 is 0. The fourth-order valence-electron chi connectivity index (χ4n) is 3.29. The first kappa shape index (κ1) is 14.2. The smallest absolute Gasteiger partial charge is 0.0443 e. The van der Waals surface area contributed by atoms with E-state index in [1.807, 2.05) is 7.05 Å². The zero-order chi connectivity index (χ0) is 14.7. The molecule has 110 valence electrons. The molecule has 0 amide bonds. The second kappa shape index (κ2) is 6.31. The third kappa shape index (κ3) is 2.81. The van der Waals surface area contributed by atoms with E-state index in [9.17, 15) is 0 Å². The van der Waals surface area contributed by atoms with E-state index in [0.717, 1.165) is 13.0 Å². The van der Waals surface area contributed by atoms with Gasteiger partial charge in [-0.1, -0.05) is 37.3 Å². The van der Waals surface area contributed by atoms with Gasteiger partial charge in [0.15, 0.2) is 0 Å². The van der Waals surface area contributed by atoms with Crippen LogP contribution in [-0.4, -0.2) is 13.6 Å². The van der Waals surface area contributed by atoms with Crippen molar-refractivity contribution in [1.29, 1.82) is 0 Å². The van der Waals surface area contributed by atoms with E-state index in [1.54, 1.807) is 0 Å². The number of para-hydroxylation sites is 1. The van der Waals surface area contributed by atoms with Gasteiger partial charge in [-0.15, -0.1) is 0 Å². The fourth-order valence-corrected chi connectivity index (χ4v) is 3.29. The molecule has 0 spiro atoms. The van der Waals surface area contributed by atoms with Gasteiger partial charge in [-0.3, -0.25) is 0 Å². The molecule has 1 aliphatic rings. The quantitative estimate of drug-likeness (QED) is 0.890. The van der Waals surface area contributed by atoms with Crippen LogP contribution >= 0.6 is 0 Å². The maximum Gasteiger partial charge on any atom is 0.0443 e. The van der Waals surface area contributed by atoms with Crippen molar-refractivity contribution in [3.8, 4) is 0 Å². The van der Waals surface area contributed by atoms with Gasteiger partial charge < -0.3 is 10.2 Å². The second-order valence-electron chi connectivity index (χ2n) is 5.72. The fraction of sp³-hybridized carbons (Fsp3) is 0.368. The summed E-state index contributed by atoms with van der Waals surface area (Å²) in [5.41, 5.74) is 5.51. The van der Waals surface area contributed by atoms with E-state index in [2.05, 4.69) is 65.7 Å². The van der Waals surface area contributed by atoms with E-state index in [-0.39, 0.29) is 0 Å². The summed E-state index contributed by atoms with van der Waals surface area (Å²) in [5.74, 6) is 0. The van der Waals surface area contributed by atoms with Gasteiger partial charge in [0.25, 0.3) is 0 Å². The largest absolute Gasteiger partial charge is 0.341 e. The average molecular weight is 280 g/mol. The predicted octanol–water partition coefficient (Wildman–Crippen LogP) is 4.44. The van der Waals surface area contributed by atoms with Crippen molar-refractivity contribution >= 4 is 11.4 Å². The summed E-state index contributed by atoms with van der Waals surface area (Å²) in [6, 6.07) is 18.3. The number of aryl methyl sites for hydroxylation is 1. The lowest BCUT2D eigenvalue weighted by atomic mass is 10.00. The molecule has 2 aromatic rings. The summed E-state index contributed by atoms with van der Waals surface area (Å²) in [6.07, 6.45) is 3.54. The third-order valence-electron chi connectivity index (χ3n) is 4.47. The zero-order valence-electron chi connectivity index (χ0n) is 13.0. The molecule has 0 radical (unpaired) electrons. The average Bonchev–Trinajstić information content (AvgIpc) is 2.56. The van der Waals surface area contributed by atoms with Crippen molar-refractivity contribution in [3.63, 3.8) is 0 Å². The molecule has 1 unspecified atom stereocenters. The number of hydrogen-bond acceptors (Lipinski definition) is 2. The number of nitrogens with one attached hydrogen (secondary N) is 1. The molecular weight excluding hydrogens is 256 g/mol. The van der Waals surface area contributed by atoms with Crippen LogP contribution in [0.3, 0.4) is 0 Å². The Kier molecular flexibility index (Phi) is 4.26. The SMILES string of the molecule is CCC(NC)c1ccc(N2CCCc3ccccc32)cc1. The highest BCUT2D eigenvalue weighted by Crippen LogP contribution is 2.33. The molecule has 2 nitrogen and oxygen atoms in total. The van der Waals surface area contributed by atoms with Crippen molar-refractivity contribution in [2.75, 3.05) is 18.5 Å². The molecule has 0 bridgehead atoms. The minimum Gasteiger partial charge on any atom is -0.341 e.